The minimum atomic E-state index is -0.564. The maximum absolute atomic E-state index is 9.84. The first-order valence-corrected chi connectivity index (χ1v) is 6.39. The lowest BCUT2D eigenvalue weighted by Gasteiger charge is -2.03. The summed E-state index contributed by atoms with van der Waals surface area (Å²) >= 11 is 5.23. The summed E-state index contributed by atoms with van der Waals surface area (Å²) in [7, 11) is 0. The average molecular weight is 323 g/mol. The highest BCUT2D eigenvalue weighted by Crippen LogP contribution is 2.26. The van der Waals surface area contributed by atoms with Crippen LogP contribution in [0.15, 0.2) is 22.9 Å². The number of aliphatic hydroxyl groups is 1. The number of thiophene rings is 1. The van der Waals surface area contributed by atoms with Gasteiger partial charge in [0.05, 0.1) is 8.58 Å². The molecule has 2 heterocycles. The Morgan fingerprint density at radius 1 is 1.54 bits per heavy atom. The quantitative estimate of drug-likeness (QED) is 0.862. The highest BCUT2D eigenvalue weighted by molar-refractivity contribution is 14.1. The van der Waals surface area contributed by atoms with E-state index in [0.717, 1.165) is 11.3 Å². The maximum atomic E-state index is 9.84. The molecule has 2 aromatic rings. The Hall–Kier alpha value is 0.0200. The number of hydrogen-bond donors (Lipinski definition) is 1. The number of aliphatic hydroxyl groups excluding tert-OH is 1. The van der Waals surface area contributed by atoms with Crippen LogP contribution in [0.2, 0.25) is 0 Å². The van der Waals surface area contributed by atoms with Gasteiger partial charge in [-0.2, -0.15) is 4.37 Å². The fourth-order valence-electron chi connectivity index (χ4n) is 1.00. The molecular weight excluding hydrogens is 317 g/mol. The number of hydrogen-bond acceptors (Lipinski definition) is 4. The Labute approximate surface area is 97.6 Å². The van der Waals surface area contributed by atoms with E-state index >= 15 is 0 Å². The summed E-state index contributed by atoms with van der Waals surface area (Å²) in [5, 5.41) is 13.7. The van der Waals surface area contributed by atoms with Crippen molar-refractivity contribution in [2.24, 2.45) is 0 Å². The molecule has 0 saturated heterocycles. The van der Waals surface area contributed by atoms with Gasteiger partial charge in [0.2, 0.25) is 0 Å². The van der Waals surface area contributed by atoms with Crippen molar-refractivity contribution in [1.82, 2.24) is 4.37 Å². The first kappa shape index (κ1) is 9.57. The fraction of sp³-hybridized carbons (Fsp3) is 0.125. The van der Waals surface area contributed by atoms with E-state index in [1.54, 1.807) is 11.3 Å². The standard InChI is InChI=1S/C8H6INOS2/c9-7-3-5(4-12-7)8(11)6-1-2-13-10-6/h1-4,8,11H. The van der Waals surface area contributed by atoms with Gasteiger partial charge in [-0.25, -0.2) is 0 Å². The minimum Gasteiger partial charge on any atom is -0.382 e. The zero-order valence-corrected chi connectivity index (χ0v) is 10.3. The van der Waals surface area contributed by atoms with Crippen LogP contribution in [-0.2, 0) is 0 Å². The van der Waals surface area contributed by atoms with E-state index in [0.29, 0.717) is 0 Å². The Kier molecular flexibility index (Phi) is 2.97. The zero-order valence-electron chi connectivity index (χ0n) is 6.48. The number of halogens is 1. The van der Waals surface area contributed by atoms with Crippen molar-refractivity contribution in [3.05, 3.63) is 37.0 Å². The lowest BCUT2D eigenvalue weighted by molar-refractivity contribution is 0.217. The molecule has 0 aliphatic rings. The summed E-state index contributed by atoms with van der Waals surface area (Å²) in [6.07, 6.45) is -0.564. The smallest absolute Gasteiger partial charge is 0.123 e. The molecule has 13 heavy (non-hydrogen) atoms. The molecule has 0 aliphatic heterocycles. The van der Waals surface area contributed by atoms with E-state index < -0.39 is 6.10 Å². The second kappa shape index (κ2) is 4.04. The Bertz CT molecular complexity index is 385. The largest absolute Gasteiger partial charge is 0.382 e. The molecule has 0 aliphatic carbocycles. The second-order valence-corrected chi connectivity index (χ2v) is 5.98. The molecule has 0 bridgehead atoms. The zero-order chi connectivity index (χ0) is 9.26. The van der Waals surface area contributed by atoms with E-state index in [1.807, 2.05) is 22.9 Å². The van der Waals surface area contributed by atoms with Crippen molar-refractivity contribution in [2.45, 2.75) is 6.10 Å². The average Bonchev–Trinajstić information content (AvgIpc) is 2.72. The Morgan fingerprint density at radius 3 is 2.92 bits per heavy atom. The number of rotatable bonds is 2. The van der Waals surface area contributed by atoms with Crippen molar-refractivity contribution in [1.29, 1.82) is 0 Å². The van der Waals surface area contributed by atoms with Gasteiger partial charge in [-0.3, -0.25) is 0 Å². The summed E-state index contributed by atoms with van der Waals surface area (Å²) in [5.74, 6) is 0. The molecule has 0 spiro atoms. The molecule has 2 rings (SSSR count). The van der Waals surface area contributed by atoms with Crippen LogP contribution in [0.3, 0.4) is 0 Å². The van der Waals surface area contributed by atoms with E-state index in [4.69, 9.17) is 0 Å². The molecule has 0 radical (unpaired) electrons. The lowest BCUT2D eigenvalue weighted by atomic mass is 10.1. The lowest BCUT2D eigenvalue weighted by Crippen LogP contribution is -1.97. The van der Waals surface area contributed by atoms with E-state index in [-0.39, 0.29) is 0 Å². The monoisotopic (exact) mass is 323 g/mol. The highest BCUT2D eigenvalue weighted by atomic mass is 127. The summed E-state index contributed by atoms with van der Waals surface area (Å²) in [4.78, 5) is 0. The summed E-state index contributed by atoms with van der Waals surface area (Å²) in [6.45, 7) is 0. The van der Waals surface area contributed by atoms with Crippen LogP contribution in [0.5, 0.6) is 0 Å². The van der Waals surface area contributed by atoms with Crippen LogP contribution >= 0.6 is 45.5 Å². The van der Waals surface area contributed by atoms with Crippen LogP contribution in [0.25, 0.3) is 0 Å². The number of nitrogens with zero attached hydrogens (tertiary/aromatic N) is 1. The highest BCUT2D eigenvalue weighted by Gasteiger charge is 2.13. The molecule has 2 nitrogen and oxygen atoms in total. The Balaban J connectivity index is 2.28. The van der Waals surface area contributed by atoms with Gasteiger partial charge in [0, 0.05) is 5.38 Å². The van der Waals surface area contributed by atoms with E-state index in [2.05, 4.69) is 27.0 Å². The molecule has 0 fully saturated rings. The van der Waals surface area contributed by atoms with Gasteiger partial charge < -0.3 is 5.11 Å². The Morgan fingerprint density at radius 2 is 2.38 bits per heavy atom. The summed E-state index contributed by atoms with van der Waals surface area (Å²) in [6, 6.07) is 3.83. The van der Waals surface area contributed by atoms with Crippen molar-refractivity contribution < 1.29 is 5.11 Å². The predicted octanol–water partition coefficient (Wildman–Crippen LogP) is 2.89. The molecule has 0 aromatic carbocycles. The van der Waals surface area contributed by atoms with Gasteiger partial charge in [-0.15, -0.1) is 11.3 Å². The molecule has 2 aromatic heterocycles. The van der Waals surface area contributed by atoms with Gasteiger partial charge in [0.1, 0.15) is 6.10 Å². The fourth-order valence-corrected chi connectivity index (χ4v) is 2.93. The van der Waals surface area contributed by atoms with Crippen LogP contribution in [0.1, 0.15) is 17.4 Å². The van der Waals surface area contributed by atoms with Crippen molar-refractivity contribution in [2.75, 3.05) is 0 Å². The normalized spacial score (nSPS) is 13.1. The van der Waals surface area contributed by atoms with Gasteiger partial charge in [-0.1, -0.05) is 0 Å². The predicted molar refractivity (Wildman–Crippen MR) is 63.2 cm³/mol. The molecular formula is C8H6INOS2. The van der Waals surface area contributed by atoms with Crippen molar-refractivity contribution in [3.8, 4) is 0 Å². The first-order chi connectivity index (χ1) is 6.27. The molecule has 68 valence electrons. The summed E-state index contributed by atoms with van der Waals surface area (Å²) < 4.78 is 5.28. The van der Waals surface area contributed by atoms with Crippen LogP contribution in [-0.4, -0.2) is 9.48 Å². The van der Waals surface area contributed by atoms with Gasteiger partial charge >= 0.3 is 0 Å². The molecule has 0 saturated carbocycles. The van der Waals surface area contributed by atoms with Crippen LogP contribution < -0.4 is 0 Å². The minimum absolute atomic E-state index is 0.564. The molecule has 1 unspecified atom stereocenters. The third kappa shape index (κ3) is 2.09. The number of aromatic nitrogens is 1. The van der Waals surface area contributed by atoms with Gasteiger partial charge in [0.25, 0.3) is 0 Å². The molecule has 1 N–H and O–H groups in total. The molecule has 0 amide bonds. The SMILES string of the molecule is OC(c1csc(I)c1)c1ccsn1. The molecule has 1 atom stereocenters. The van der Waals surface area contributed by atoms with Crippen molar-refractivity contribution in [3.63, 3.8) is 0 Å². The van der Waals surface area contributed by atoms with Crippen LogP contribution in [0.4, 0.5) is 0 Å². The second-order valence-electron chi connectivity index (χ2n) is 2.51. The van der Waals surface area contributed by atoms with Gasteiger partial charge in [0.15, 0.2) is 0 Å². The third-order valence-electron chi connectivity index (χ3n) is 1.64. The van der Waals surface area contributed by atoms with E-state index in [9.17, 15) is 5.11 Å². The van der Waals surface area contributed by atoms with E-state index in [1.165, 1.54) is 14.4 Å². The topological polar surface area (TPSA) is 33.1 Å². The van der Waals surface area contributed by atoms with Gasteiger partial charge in [-0.05, 0) is 57.2 Å². The first-order valence-electron chi connectivity index (χ1n) is 3.59. The maximum Gasteiger partial charge on any atom is 0.123 e. The third-order valence-corrected chi connectivity index (χ3v) is 4.02. The van der Waals surface area contributed by atoms with Crippen molar-refractivity contribution >= 4 is 45.5 Å². The van der Waals surface area contributed by atoms with Crippen LogP contribution in [0, 0.1) is 2.88 Å². The summed E-state index contributed by atoms with van der Waals surface area (Å²) in [5.41, 5.74) is 1.67. The molecule has 5 heteroatoms.